The van der Waals surface area contributed by atoms with Gasteiger partial charge in [-0.2, -0.15) is 0 Å². The van der Waals surface area contributed by atoms with Crippen LogP contribution in [0.5, 0.6) is 0 Å². The van der Waals surface area contributed by atoms with Crippen LogP contribution in [0.1, 0.15) is 25.7 Å². The first kappa shape index (κ1) is 11.5. The van der Waals surface area contributed by atoms with Gasteiger partial charge in [-0.05, 0) is 37.5 Å². The minimum atomic E-state index is 0.815. The Kier molecular flexibility index (Phi) is 3.38. The molecule has 0 bridgehead atoms. The molecule has 0 radical (unpaired) electrons. The number of rotatable bonds is 7. The lowest BCUT2D eigenvalue weighted by molar-refractivity contribution is 0.429. The average molecular weight is 252 g/mol. The molecule has 2 aliphatic carbocycles. The SMILES string of the molecule is Cn1cnnc1SCCNC(C1CC1)C1CC1. The van der Waals surface area contributed by atoms with Gasteiger partial charge in [0.1, 0.15) is 6.33 Å². The highest BCUT2D eigenvalue weighted by Gasteiger charge is 2.40. The first-order valence-electron chi connectivity index (χ1n) is 6.55. The van der Waals surface area contributed by atoms with E-state index in [1.54, 1.807) is 18.1 Å². The minimum absolute atomic E-state index is 0.815. The zero-order chi connectivity index (χ0) is 11.7. The van der Waals surface area contributed by atoms with E-state index in [-0.39, 0.29) is 0 Å². The van der Waals surface area contributed by atoms with Gasteiger partial charge in [-0.25, -0.2) is 0 Å². The van der Waals surface area contributed by atoms with Gasteiger partial charge in [0.15, 0.2) is 5.16 Å². The van der Waals surface area contributed by atoms with E-state index < -0.39 is 0 Å². The molecule has 2 fully saturated rings. The van der Waals surface area contributed by atoms with Crippen LogP contribution in [0.15, 0.2) is 11.5 Å². The van der Waals surface area contributed by atoms with Crippen LogP contribution in [0.3, 0.4) is 0 Å². The van der Waals surface area contributed by atoms with Crippen molar-refractivity contribution in [3.05, 3.63) is 6.33 Å². The number of aryl methyl sites for hydroxylation is 1. The number of thioether (sulfide) groups is 1. The highest BCUT2D eigenvalue weighted by molar-refractivity contribution is 7.99. The normalized spacial score (nSPS) is 20.1. The van der Waals surface area contributed by atoms with Crippen molar-refractivity contribution in [2.24, 2.45) is 18.9 Å². The van der Waals surface area contributed by atoms with E-state index in [4.69, 9.17) is 0 Å². The molecule has 3 rings (SSSR count). The van der Waals surface area contributed by atoms with Gasteiger partial charge >= 0.3 is 0 Å². The second-order valence-electron chi connectivity index (χ2n) is 5.23. The predicted octanol–water partition coefficient (Wildman–Crippen LogP) is 1.69. The Morgan fingerprint density at radius 1 is 1.41 bits per heavy atom. The summed E-state index contributed by atoms with van der Waals surface area (Å²) in [6.45, 7) is 1.09. The Bertz CT molecular complexity index is 358. The fraction of sp³-hybridized carbons (Fsp3) is 0.833. The van der Waals surface area contributed by atoms with Crippen molar-refractivity contribution in [3.8, 4) is 0 Å². The topological polar surface area (TPSA) is 42.7 Å². The van der Waals surface area contributed by atoms with Crippen molar-refractivity contribution in [1.82, 2.24) is 20.1 Å². The van der Waals surface area contributed by atoms with Crippen LogP contribution in [0.4, 0.5) is 0 Å². The van der Waals surface area contributed by atoms with Gasteiger partial charge in [0.05, 0.1) is 0 Å². The van der Waals surface area contributed by atoms with Crippen LogP contribution in [0.2, 0.25) is 0 Å². The van der Waals surface area contributed by atoms with Crippen molar-refractivity contribution in [2.45, 2.75) is 36.9 Å². The molecule has 0 amide bonds. The molecule has 0 atom stereocenters. The van der Waals surface area contributed by atoms with Gasteiger partial charge in [0, 0.05) is 25.4 Å². The fourth-order valence-corrected chi connectivity index (χ4v) is 3.16. The van der Waals surface area contributed by atoms with Crippen molar-refractivity contribution < 1.29 is 0 Å². The molecule has 2 aliphatic rings. The summed E-state index contributed by atoms with van der Waals surface area (Å²) in [5.74, 6) is 3.06. The molecule has 4 nitrogen and oxygen atoms in total. The monoisotopic (exact) mass is 252 g/mol. The maximum absolute atomic E-state index is 4.08. The van der Waals surface area contributed by atoms with E-state index in [1.165, 1.54) is 25.7 Å². The van der Waals surface area contributed by atoms with Gasteiger partial charge in [-0.3, -0.25) is 0 Å². The number of nitrogens with one attached hydrogen (secondary N) is 1. The molecule has 2 saturated carbocycles. The zero-order valence-corrected chi connectivity index (χ0v) is 11.1. The molecule has 1 heterocycles. The zero-order valence-electron chi connectivity index (χ0n) is 10.3. The van der Waals surface area contributed by atoms with Gasteiger partial charge in [-0.1, -0.05) is 11.8 Å². The molecule has 17 heavy (non-hydrogen) atoms. The summed E-state index contributed by atoms with van der Waals surface area (Å²) in [5.41, 5.74) is 0. The Morgan fingerprint density at radius 2 is 2.12 bits per heavy atom. The van der Waals surface area contributed by atoms with E-state index in [0.717, 1.165) is 35.3 Å². The molecule has 94 valence electrons. The van der Waals surface area contributed by atoms with E-state index in [1.807, 2.05) is 11.6 Å². The molecular formula is C12H20N4S. The summed E-state index contributed by atoms with van der Waals surface area (Å²) in [5, 5.41) is 12.7. The Hall–Kier alpha value is -0.550. The summed E-state index contributed by atoms with van der Waals surface area (Å²) in [4.78, 5) is 0. The second kappa shape index (κ2) is 4.98. The molecule has 0 aliphatic heterocycles. The third-order valence-electron chi connectivity index (χ3n) is 3.64. The summed E-state index contributed by atoms with van der Waals surface area (Å²) in [6.07, 6.45) is 7.55. The quantitative estimate of drug-likeness (QED) is 0.592. The lowest BCUT2D eigenvalue weighted by Crippen LogP contribution is -2.34. The van der Waals surface area contributed by atoms with Crippen molar-refractivity contribution in [1.29, 1.82) is 0 Å². The molecule has 0 aromatic carbocycles. The summed E-state index contributed by atoms with van der Waals surface area (Å²) in [6, 6.07) is 0.815. The van der Waals surface area contributed by atoms with Crippen molar-refractivity contribution in [3.63, 3.8) is 0 Å². The maximum Gasteiger partial charge on any atom is 0.190 e. The molecule has 0 saturated heterocycles. The molecule has 1 aromatic rings. The fourth-order valence-electron chi connectivity index (χ4n) is 2.40. The highest BCUT2D eigenvalue weighted by Crippen LogP contribution is 2.44. The number of hydrogen-bond acceptors (Lipinski definition) is 4. The summed E-state index contributed by atoms with van der Waals surface area (Å²) < 4.78 is 1.98. The Labute approximate surface area is 107 Å². The van der Waals surface area contributed by atoms with Crippen LogP contribution in [-0.2, 0) is 7.05 Å². The van der Waals surface area contributed by atoms with Crippen molar-refractivity contribution >= 4 is 11.8 Å². The third kappa shape index (κ3) is 3.01. The molecule has 0 spiro atoms. The van der Waals surface area contributed by atoms with Crippen molar-refractivity contribution in [2.75, 3.05) is 12.3 Å². The lowest BCUT2D eigenvalue weighted by Gasteiger charge is -2.17. The summed E-state index contributed by atoms with van der Waals surface area (Å²) >= 11 is 1.79. The van der Waals surface area contributed by atoms with E-state index in [0.29, 0.717) is 0 Å². The smallest absolute Gasteiger partial charge is 0.190 e. The van der Waals surface area contributed by atoms with E-state index in [2.05, 4.69) is 15.5 Å². The molecule has 1 aromatic heterocycles. The van der Waals surface area contributed by atoms with Crippen LogP contribution in [0.25, 0.3) is 0 Å². The number of aromatic nitrogens is 3. The standard InChI is InChI=1S/C12H20N4S/c1-16-8-14-15-12(16)17-7-6-13-11(9-2-3-9)10-4-5-10/h8-11,13H,2-7H2,1H3. The first-order valence-corrected chi connectivity index (χ1v) is 7.53. The van der Waals surface area contributed by atoms with Crippen LogP contribution >= 0.6 is 11.8 Å². The van der Waals surface area contributed by atoms with Crippen LogP contribution in [0, 0.1) is 11.8 Å². The summed E-state index contributed by atoms with van der Waals surface area (Å²) in [7, 11) is 1.99. The van der Waals surface area contributed by atoms with E-state index >= 15 is 0 Å². The van der Waals surface area contributed by atoms with Crippen LogP contribution in [-0.4, -0.2) is 33.1 Å². The van der Waals surface area contributed by atoms with Crippen LogP contribution < -0.4 is 5.32 Å². The largest absolute Gasteiger partial charge is 0.313 e. The Morgan fingerprint density at radius 3 is 2.65 bits per heavy atom. The number of hydrogen-bond donors (Lipinski definition) is 1. The minimum Gasteiger partial charge on any atom is -0.313 e. The van der Waals surface area contributed by atoms with Gasteiger partial charge in [-0.15, -0.1) is 10.2 Å². The molecule has 0 unspecified atom stereocenters. The average Bonchev–Trinajstić information content (AvgIpc) is 3.21. The van der Waals surface area contributed by atoms with Gasteiger partial charge < -0.3 is 9.88 Å². The Balaban J connectivity index is 1.38. The molecule has 5 heteroatoms. The third-order valence-corrected chi connectivity index (χ3v) is 4.68. The maximum atomic E-state index is 4.08. The first-order chi connectivity index (χ1) is 8.34. The predicted molar refractivity (Wildman–Crippen MR) is 69.0 cm³/mol. The highest BCUT2D eigenvalue weighted by atomic mass is 32.2. The lowest BCUT2D eigenvalue weighted by atomic mass is 10.1. The molecule has 1 N–H and O–H groups in total. The van der Waals surface area contributed by atoms with Gasteiger partial charge in [0.25, 0.3) is 0 Å². The second-order valence-corrected chi connectivity index (χ2v) is 6.29. The molecular weight excluding hydrogens is 232 g/mol. The van der Waals surface area contributed by atoms with E-state index in [9.17, 15) is 0 Å². The number of nitrogens with zero attached hydrogens (tertiary/aromatic N) is 3. The van der Waals surface area contributed by atoms with Gasteiger partial charge in [0.2, 0.25) is 0 Å².